The summed E-state index contributed by atoms with van der Waals surface area (Å²) in [5.74, 6) is -0.261. The van der Waals surface area contributed by atoms with Gasteiger partial charge in [0, 0.05) is 58.9 Å². The van der Waals surface area contributed by atoms with Crippen molar-refractivity contribution in [1.82, 2.24) is 20.0 Å². The highest BCUT2D eigenvalue weighted by Gasteiger charge is 2.21. The van der Waals surface area contributed by atoms with Crippen LogP contribution in [0.2, 0.25) is 0 Å². The van der Waals surface area contributed by atoms with Crippen molar-refractivity contribution >= 4 is 6.03 Å². The molecule has 0 saturated carbocycles. The zero-order chi connectivity index (χ0) is 17.5. The third-order valence-corrected chi connectivity index (χ3v) is 4.85. The molecule has 2 saturated heterocycles. The van der Waals surface area contributed by atoms with E-state index < -0.39 is 0 Å². The van der Waals surface area contributed by atoms with Gasteiger partial charge in [-0.25, -0.2) is 9.18 Å². The van der Waals surface area contributed by atoms with Gasteiger partial charge in [-0.15, -0.1) is 0 Å². The maximum absolute atomic E-state index is 12.9. The van der Waals surface area contributed by atoms with Crippen LogP contribution in [-0.4, -0.2) is 86.3 Å². The Morgan fingerprint density at radius 1 is 0.960 bits per heavy atom. The number of piperazine rings is 1. The average Bonchev–Trinajstić information content (AvgIpc) is 2.67. The fourth-order valence-electron chi connectivity index (χ4n) is 3.17. The Morgan fingerprint density at radius 3 is 2.20 bits per heavy atom. The van der Waals surface area contributed by atoms with E-state index in [0.29, 0.717) is 6.54 Å². The molecule has 1 aromatic carbocycles. The number of hydrogen-bond acceptors (Lipinski definition) is 4. The second kappa shape index (κ2) is 9.12. The molecular weight excluding hydrogens is 323 g/mol. The van der Waals surface area contributed by atoms with Crippen molar-refractivity contribution in [3.8, 4) is 0 Å². The number of urea groups is 1. The molecule has 0 unspecified atom stereocenters. The van der Waals surface area contributed by atoms with Crippen LogP contribution in [0.25, 0.3) is 0 Å². The highest BCUT2D eigenvalue weighted by Crippen LogP contribution is 2.05. The highest BCUT2D eigenvalue weighted by molar-refractivity contribution is 5.74. The normalized spacial score (nSPS) is 19.8. The molecular formula is C18H27FN4O2. The molecule has 0 spiro atoms. The van der Waals surface area contributed by atoms with E-state index in [2.05, 4.69) is 15.1 Å². The summed E-state index contributed by atoms with van der Waals surface area (Å²) in [6.07, 6.45) is 0. The second-order valence-electron chi connectivity index (χ2n) is 6.57. The average molecular weight is 350 g/mol. The lowest BCUT2D eigenvalue weighted by Crippen LogP contribution is -2.53. The lowest BCUT2D eigenvalue weighted by atomic mass is 10.2. The van der Waals surface area contributed by atoms with Gasteiger partial charge in [-0.05, 0) is 17.7 Å². The van der Waals surface area contributed by atoms with Crippen LogP contribution < -0.4 is 5.32 Å². The molecule has 0 atom stereocenters. The van der Waals surface area contributed by atoms with E-state index in [1.807, 2.05) is 4.90 Å². The molecule has 6 nitrogen and oxygen atoms in total. The van der Waals surface area contributed by atoms with Gasteiger partial charge in [0.1, 0.15) is 5.82 Å². The number of benzene rings is 1. The van der Waals surface area contributed by atoms with E-state index in [4.69, 9.17) is 4.74 Å². The first-order valence-corrected chi connectivity index (χ1v) is 9.00. The fourth-order valence-corrected chi connectivity index (χ4v) is 3.17. The molecule has 2 fully saturated rings. The predicted octanol–water partition coefficient (Wildman–Crippen LogP) is 0.985. The smallest absolute Gasteiger partial charge is 0.317 e. The molecule has 2 heterocycles. The quantitative estimate of drug-likeness (QED) is 0.860. The van der Waals surface area contributed by atoms with Crippen LogP contribution in [0.15, 0.2) is 24.3 Å². The Labute approximate surface area is 148 Å². The number of rotatable bonds is 5. The lowest BCUT2D eigenvalue weighted by molar-refractivity contribution is 0.0309. The van der Waals surface area contributed by atoms with Crippen molar-refractivity contribution < 1.29 is 13.9 Å². The lowest BCUT2D eigenvalue weighted by Gasteiger charge is -2.36. The molecule has 0 aromatic heterocycles. The second-order valence-corrected chi connectivity index (χ2v) is 6.57. The monoisotopic (exact) mass is 350 g/mol. The molecule has 0 bridgehead atoms. The number of morpholine rings is 1. The van der Waals surface area contributed by atoms with Crippen molar-refractivity contribution in [3.63, 3.8) is 0 Å². The van der Waals surface area contributed by atoms with Crippen LogP contribution in [0.4, 0.5) is 9.18 Å². The number of carbonyl (C=O) groups is 1. The first kappa shape index (κ1) is 18.1. The Balaban J connectivity index is 1.33. The number of carbonyl (C=O) groups excluding carboxylic acids is 1. The van der Waals surface area contributed by atoms with Gasteiger partial charge in [-0.3, -0.25) is 9.80 Å². The summed E-state index contributed by atoms with van der Waals surface area (Å²) in [6, 6.07) is 6.17. The Morgan fingerprint density at radius 2 is 1.56 bits per heavy atom. The topological polar surface area (TPSA) is 48.1 Å². The number of hydrogen-bond donors (Lipinski definition) is 1. The van der Waals surface area contributed by atoms with E-state index >= 15 is 0 Å². The van der Waals surface area contributed by atoms with Gasteiger partial charge < -0.3 is 15.0 Å². The van der Waals surface area contributed by atoms with Crippen molar-refractivity contribution in [3.05, 3.63) is 35.6 Å². The van der Waals surface area contributed by atoms with Crippen LogP contribution in [0, 0.1) is 5.82 Å². The van der Waals surface area contributed by atoms with Crippen LogP contribution in [0.3, 0.4) is 0 Å². The number of ether oxygens (including phenoxy) is 1. The first-order valence-electron chi connectivity index (χ1n) is 9.00. The van der Waals surface area contributed by atoms with Gasteiger partial charge in [0.15, 0.2) is 0 Å². The first-order chi connectivity index (χ1) is 12.2. The summed E-state index contributed by atoms with van der Waals surface area (Å²) in [6.45, 7) is 9.57. The van der Waals surface area contributed by atoms with Gasteiger partial charge in [-0.1, -0.05) is 12.1 Å². The zero-order valence-corrected chi connectivity index (χ0v) is 14.6. The molecule has 1 aromatic rings. The van der Waals surface area contributed by atoms with Gasteiger partial charge in [0.05, 0.1) is 13.2 Å². The predicted molar refractivity (Wildman–Crippen MR) is 93.9 cm³/mol. The van der Waals surface area contributed by atoms with Crippen molar-refractivity contribution in [2.75, 3.05) is 65.6 Å². The highest BCUT2D eigenvalue weighted by atomic mass is 19.1. The molecule has 2 amide bonds. The van der Waals surface area contributed by atoms with E-state index in [9.17, 15) is 9.18 Å². The zero-order valence-electron chi connectivity index (χ0n) is 14.6. The number of nitrogens with one attached hydrogen (secondary N) is 1. The van der Waals surface area contributed by atoms with E-state index in [1.54, 1.807) is 12.1 Å². The Hall–Kier alpha value is -1.70. The third-order valence-electron chi connectivity index (χ3n) is 4.85. The van der Waals surface area contributed by atoms with Crippen LogP contribution >= 0.6 is 0 Å². The molecule has 7 heteroatoms. The third kappa shape index (κ3) is 5.66. The summed E-state index contributed by atoms with van der Waals surface area (Å²) in [5, 5.41) is 2.91. The summed E-state index contributed by atoms with van der Waals surface area (Å²) in [7, 11) is 0. The standard InChI is InChI=1S/C18H27FN4O2/c19-17-3-1-16(2-4-17)15-20-18(24)23-9-7-21(8-10-23)5-6-22-11-13-25-14-12-22/h1-4H,5-15H2,(H,20,24). The molecule has 138 valence electrons. The number of halogens is 1. The van der Waals surface area contributed by atoms with Crippen molar-refractivity contribution in [2.45, 2.75) is 6.54 Å². The van der Waals surface area contributed by atoms with Gasteiger partial charge in [-0.2, -0.15) is 0 Å². The number of nitrogens with zero attached hydrogens (tertiary/aromatic N) is 3. The molecule has 25 heavy (non-hydrogen) atoms. The van der Waals surface area contributed by atoms with Crippen molar-refractivity contribution in [1.29, 1.82) is 0 Å². The minimum Gasteiger partial charge on any atom is -0.379 e. The van der Waals surface area contributed by atoms with Gasteiger partial charge >= 0.3 is 6.03 Å². The molecule has 2 aliphatic rings. The molecule has 1 N–H and O–H groups in total. The fraction of sp³-hybridized carbons (Fsp3) is 0.611. The minimum atomic E-state index is -0.261. The molecule has 0 aliphatic carbocycles. The van der Waals surface area contributed by atoms with Crippen molar-refractivity contribution in [2.24, 2.45) is 0 Å². The molecule has 0 radical (unpaired) electrons. The SMILES string of the molecule is O=C(NCc1ccc(F)cc1)N1CCN(CCN2CCOCC2)CC1. The maximum Gasteiger partial charge on any atom is 0.317 e. The Bertz CT molecular complexity index is 541. The maximum atomic E-state index is 12.9. The number of amides is 2. The van der Waals surface area contributed by atoms with Crippen LogP contribution in [-0.2, 0) is 11.3 Å². The Kier molecular flexibility index (Phi) is 6.61. The van der Waals surface area contributed by atoms with Crippen LogP contribution in [0.1, 0.15) is 5.56 Å². The molecule has 2 aliphatic heterocycles. The summed E-state index contributed by atoms with van der Waals surface area (Å²) >= 11 is 0. The minimum absolute atomic E-state index is 0.0443. The molecule has 3 rings (SSSR count). The van der Waals surface area contributed by atoms with E-state index in [-0.39, 0.29) is 11.8 Å². The summed E-state index contributed by atoms with van der Waals surface area (Å²) < 4.78 is 18.3. The largest absolute Gasteiger partial charge is 0.379 e. The summed E-state index contributed by atoms with van der Waals surface area (Å²) in [4.78, 5) is 19.0. The van der Waals surface area contributed by atoms with E-state index in [0.717, 1.165) is 71.1 Å². The summed E-state index contributed by atoms with van der Waals surface area (Å²) in [5.41, 5.74) is 0.902. The van der Waals surface area contributed by atoms with E-state index in [1.165, 1.54) is 12.1 Å². The van der Waals surface area contributed by atoms with Gasteiger partial charge in [0.25, 0.3) is 0 Å². The van der Waals surface area contributed by atoms with Gasteiger partial charge in [0.2, 0.25) is 0 Å². The van der Waals surface area contributed by atoms with Crippen LogP contribution in [0.5, 0.6) is 0 Å².